The summed E-state index contributed by atoms with van der Waals surface area (Å²) >= 11 is 7.91. The van der Waals surface area contributed by atoms with Crippen LogP contribution in [0.5, 0.6) is 0 Å². The van der Waals surface area contributed by atoms with Gasteiger partial charge in [-0.05, 0) is 41.0 Å². The van der Waals surface area contributed by atoms with Gasteiger partial charge in [0.25, 0.3) is 5.91 Å². The molecular weight excluding hydrogens is 386 g/mol. The molecule has 0 bridgehead atoms. The molecule has 26 heavy (non-hydrogen) atoms. The van der Waals surface area contributed by atoms with Crippen molar-refractivity contribution in [3.05, 3.63) is 40.3 Å². The zero-order chi connectivity index (χ0) is 19.5. The van der Waals surface area contributed by atoms with Crippen LogP contribution in [0.15, 0.2) is 29.2 Å². The van der Waals surface area contributed by atoms with Crippen molar-refractivity contribution in [2.45, 2.75) is 38.6 Å². The average Bonchev–Trinajstić information content (AvgIpc) is 2.82. The largest absolute Gasteiger partial charge is 0.548 e. The number of amides is 1. The molecule has 1 aliphatic heterocycles. The van der Waals surface area contributed by atoms with Gasteiger partial charge in [0.2, 0.25) is 0 Å². The first-order valence-corrected chi connectivity index (χ1v) is 10.8. The summed E-state index contributed by atoms with van der Waals surface area (Å²) < 4.78 is 0.267. The Hall–Kier alpha value is -1.31. The third-order valence-corrected chi connectivity index (χ3v) is 6.05. The van der Waals surface area contributed by atoms with Crippen LogP contribution >= 0.6 is 35.7 Å². The molecule has 1 atom stereocenters. The van der Waals surface area contributed by atoms with Crippen molar-refractivity contribution in [2.75, 3.05) is 12.0 Å². The number of carboxylic acids is 1. The molecule has 140 valence electrons. The van der Waals surface area contributed by atoms with E-state index in [1.54, 1.807) is 6.08 Å². The van der Waals surface area contributed by atoms with Crippen LogP contribution in [0.1, 0.15) is 38.3 Å². The molecule has 1 aromatic carbocycles. The molecule has 0 aromatic heterocycles. The Labute approximate surface area is 168 Å². The van der Waals surface area contributed by atoms with Crippen molar-refractivity contribution in [3.63, 3.8) is 0 Å². The van der Waals surface area contributed by atoms with Crippen LogP contribution in [0.4, 0.5) is 0 Å². The van der Waals surface area contributed by atoms with Crippen LogP contribution in [0.25, 0.3) is 6.08 Å². The number of carboxylic acid groups (broad SMARTS) is 1. The number of carbonyl (C=O) groups excluding carboxylic acids is 2. The predicted molar refractivity (Wildman–Crippen MR) is 112 cm³/mol. The Morgan fingerprint density at radius 1 is 1.35 bits per heavy atom. The third kappa shape index (κ3) is 4.90. The highest BCUT2D eigenvalue weighted by Gasteiger charge is 2.37. The van der Waals surface area contributed by atoms with Gasteiger partial charge in [0.15, 0.2) is 0 Å². The molecule has 1 aliphatic rings. The van der Waals surface area contributed by atoms with Gasteiger partial charge in [-0.2, -0.15) is 11.8 Å². The molecule has 4 nitrogen and oxygen atoms in total. The Balaban J connectivity index is 2.24. The Bertz CT molecular complexity index is 735. The molecule has 0 aliphatic carbocycles. The fourth-order valence-electron chi connectivity index (χ4n) is 2.56. The smallest absolute Gasteiger partial charge is 0.266 e. The van der Waals surface area contributed by atoms with E-state index in [0.29, 0.717) is 17.1 Å². The minimum absolute atomic E-state index is 0.0565. The van der Waals surface area contributed by atoms with Gasteiger partial charge in [-0.3, -0.25) is 9.69 Å². The van der Waals surface area contributed by atoms with Crippen molar-refractivity contribution in [3.8, 4) is 0 Å². The lowest BCUT2D eigenvalue weighted by molar-refractivity contribution is -0.310. The summed E-state index contributed by atoms with van der Waals surface area (Å²) in [6, 6.07) is 6.96. The minimum atomic E-state index is -1.27. The molecule has 1 amide bonds. The summed E-state index contributed by atoms with van der Waals surface area (Å²) in [6.07, 6.45) is 3.95. The second kappa shape index (κ2) is 8.59. The van der Waals surface area contributed by atoms with Gasteiger partial charge in [0.1, 0.15) is 4.32 Å². The molecule has 0 N–H and O–H groups in total. The average molecular weight is 409 g/mol. The van der Waals surface area contributed by atoms with E-state index in [0.717, 1.165) is 17.3 Å². The van der Waals surface area contributed by atoms with E-state index in [4.69, 9.17) is 12.2 Å². The van der Waals surface area contributed by atoms with Gasteiger partial charge in [0.05, 0.1) is 16.9 Å². The third-order valence-electron chi connectivity index (χ3n) is 4.08. The molecule has 1 saturated heterocycles. The second-order valence-electron chi connectivity index (χ2n) is 7.04. The second-order valence-corrected chi connectivity index (χ2v) is 9.70. The zero-order valence-corrected chi connectivity index (χ0v) is 17.7. The van der Waals surface area contributed by atoms with Crippen molar-refractivity contribution in [1.29, 1.82) is 0 Å². The van der Waals surface area contributed by atoms with Crippen molar-refractivity contribution in [1.82, 2.24) is 4.90 Å². The predicted octanol–water partition coefficient (Wildman–Crippen LogP) is 3.06. The molecular formula is C19H22NO3S3-. The maximum atomic E-state index is 12.7. The van der Waals surface area contributed by atoms with Gasteiger partial charge < -0.3 is 9.90 Å². The number of thioether (sulfide) groups is 2. The molecule has 7 heteroatoms. The van der Waals surface area contributed by atoms with Crippen molar-refractivity contribution < 1.29 is 14.7 Å². The van der Waals surface area contributed by atoms with Crippen LogP contribution in [0.3, 0.4) is 0 Å². The molecule has 0 unspecified atom stereocenters. The van der Waals surface area contributed by atoms with Crippen molar-refractivity contribution in [2.24, 2.45) is 0 Å². The van der Waals surface area contributed by atoms with Gasteiger partial charge in [-0.1, -0.05) is 69.0 Å². The summed E-state index contributed by atoms with van der Waals surface area (Å²) in [5.41, 5.74) is 2.14. The molecule has 1 fully saturated rings. The van der Waals surface area contributed by atoms with Gasteiger partial charge in [-0.15, -0.1) is 0 Å². The highest BCUT2D eigenvalue weighted by atomic mass is 32.2. The number of rotatable bonds is 6. The maximum Gasteiger partial charge on any atom is 0.266 e. The highest BCUT2D eigenvalue weighted by Crippen LogP contribution is 2.35. The van der Waals surface area contributed by atoms with Crippen LogP contribution in [-0.2, 0) is 15.0 Å². The number of carbonyl (C=O) groups is 2. The topological polar surface area (TPSA) is 60.4 Å². The number of aliphatic carboxylic acids is 1. The molecule has 1 heterocycles. The quantitative estimate of drug-likeness (QED) is 0.533. The van der Waals surface area contributed by atoms with Crippen LogP contribution < -0.4 is 5.11 Å². The summed E-state index contributed by atoms with van der Waals surface area (Å²) in [7, 11) is 0. The summed E-state index contributed by atoms with van der Waals surface area (Å²) in [6.45, 7) is 6.42. The van der Waals surface area contributed by atoms with E-state index < -0.39 is 12.0 Å². The highest BCUT2D eigenvalue weighted by molar-refractivity contribution is 8.26. The molecule has 1 aromatic rings. The lowest BCUT2D eigenvalue weighted by Crippen LogP contribution is -2.50. The first-order valence-electron chi connectivity index (χ1n) is 8.22. The van der Waals surface area contributed by atoms with E-state index in [9.17, 15) is 14.7 Å². The number of hydrogen-bond donors (Lipinski definition) is 0. The Morgan fingerprint density at radius 3 is 2.46 bits per heavy atom. The molecule has 0 spiro atoms. The van der Waals surface area contributed by atoms with Crippen LogP contribution in [0, 0.1) is 0 Å². The monoisotopic (exact) mass is 408 g/mol. The van der Waals surface area contributed by atoms with E-state index in [1.807, 2.05) is 30.5 Å². The van der Waals surface area contributed by atoms with E-state index >= 15 is 0 Å². The number of benzene rings is 1. The van der Waals surface area contributed by atoms with Gasteiger partial charge in [-0.25, -0.2) is 0 Å². The fourth-order valence-corrected chi connectivity index (χ4v) is 4.38. The number of thiocarbonyl (C=S) groups is 1. The Morgan fingerprint density at radius 2 is 1.96 bits per heavy atom. The van der Waals surface area contributed by atoms with E-state index in [-0.39, 0.29) is 15.6 Å². The lowest BCUT2D eigenvalue weighted by Gasteiger charge is -2.27. The summed E-state index contributed by atoms with van der Waals surface area (Å²) in [5.74, 6) is -1.02. The molecule has 0 saturated carbocycles. The number of nitrogens with zero attached hydrogens (tertiary/aromatic N) is 1. The summed E-state index contributed by atoms with van der Waals surface area (Å²) in [5, 5.41) is 11.5. The maximum absolute atomic E-state index is 12.7. The lowest BCUT2D eigenvalue weighted by atomic mass is 9.87. The summed E-state index contributed by atoms with van der Waals surface area (Å²) in [4.78, 5) is 25.8. The van der Waals surface area contributed by atoms with E-state index in [2.05, 4.69) is 20.8 Å². The fraction of sp³-hybridized carbons (Fsp3) is 0.421. The normalized spacial score (nSPS) is 17.8. The first-order chi connectivity index (χ1) is 12.1. The van der Waals surface area contributed by atoms with Crippen LogP contribution in [0.2, 0.25) is 0 Å². The zero-order valence-electron chi connectivity index (χ0n) is 15.3. The Kier molecular flexibility index (Phi) is 6.93. The standard InChI is InChI=1S/C19H23NO3S3/c1-19(2,3)13-7-5-12(6-8-13)11-15-16(21)20(18(24)26-15)14(17(22)23)9-10-25-4/h5-8,11,14H,9-10H2,1-4H3,(H,22,23)/p-1/b15-11+/t14-/m1/s1. The van der Waals surface area contributed by atoms with Crippen LogP contribution in [-0.4, -0.2) is 39.1 Å². The number of hydrogen-bond acceptors (Lipinski definition) is 6. The van der Waals surface area contributed by atoms with Gasteiger partial charge in [0, 0.05) is 0 Å². The molecule has 0 radical (unpaired) electrons. The van der Waals surface area contributed by atoms with Crippen molar-refractivity contribution >= 4 is 58.0 Å². The SMILES string of the molecule is CSCC[C@H](C(=O)[O-])N1C(=O)/C(=C\c2ccc(C(C)(C)C)cc2)SC1=S. The van der Waals surface area contributed by atoms with Gasteiger partial charge >= 0.3 is 0 Å². The van der Waals surface area contributed by atoms with E-state index in [1.165, 1.54) is 22.2 Å². The first kappa shape index (κ1) is 21.0. The minimum Gasteiger partial charge on any atom is -0.548 e. The molecule has 2 rings (SSSR count).